The van der Waals surface area contributed by atoms with Gasteiger partial charge in [-0.25, -0.2) is 0 Å². The van der Waals surface area contributed by atoms with Crippen LogP contribution < -0.4 is 11.1 Å². The molecule has 1 rings (SSSR count). The molecule has 1 heterocycles. The van der Waals surface area contributed by atoms with Crippen molar-refractivity contribution >= 4 is 6.01 Å². The summed E-state index contributed by atoms with van der Waals surface area (Å²) >= 11 is 0. The molecule has 1 aromatic heterocycles. The van der Waals surface area contributed by atoms with Gasteiger partial charge in [0.2, 0.25) is 0 Å². The summed E-state index contributed by atoms with van der Waals surface area (Å²) in [5.41, 5.74) is 5.58. The summed E-state index contributed by atoms with van der Waals surface area (Å²) in [7, 11) is 0. The average Bonchev–Trinajstić information content (AvgIpc) is 2.46. The van der Waals surface area contributed by atoms with Crippen molar-refractivity contribution in [1.29, 1.82) is 0 Å². The van der Waals surface area contributed by atoms with E-state index in [0.717, 1.165) is 0 Å². The summed E-state index contributed by atoms with van der Waals surface area (Å²) in [6.07, 6.45) is 0. The molecule has 1 atom stereocenters. The van der Waals surface area contributed by atoms with Crippen LogP contribution in [0, 0.1) is 12.8 Å². The fourth-order valence-electron chi connectivity index (χ4n) is 1.01. The number of aryl methyl sites for hydroxylation is 1. The number of nitrogens with one attached hydrogen (secondary N) is 1. The molecule has 1 unspecified atom stereocenters. The molecule has 0 spiro atoms. The third-order valence-electron chi connectivity index (χ3n) is 1.90. The first-order valence-electron chi connectivity index (χ1n) is 4.40. The van der Waals surface area contributed by atoms with Gasteiger partial charge in [-0.1, -0.05) is 19.0 Å². The van der Waals surface area contributed by atoms with E-state index in [9.17, 15) is 0 Å². The Morgan fingerprint density at radius 3 is 2.62 bits per heavy atom. The Bertz CT molecular complexity index is 258. The molecule has 0 aromatic carbocycles. The van der Waals surface area contributed by atoms with E-state index in [0.29, 0.717) is 24.3 Å². The van der Waals surface area contributed by atoms with Gasteiger partial charge in [-0.2, -0.15) is 4.98 Å². The molecule has 0 radical (unpaired) electrons. The predicted molar refractivity (Wildman–Crippen MR) is 50.3 cm³/mol. The van der Waals surface area contributed by atoms with Crippen LogP contribution in [-0.2, 0) is 0 Å². The van der Waals surface area contributed by atoms with Gasteiger partial charge < -0.3 is 15.6 Å². The van der Waals surface area contributed by atoms with E-state index >= 15 is 0 Å². The zero-order valence-corrected chi connectivity index (χ0v) is 8.24. The fraction of sp³-hybridized carbons (Fsp3) is 0.750. The standard InChI is InChI=1S/C8H16N4O/c1-5(2)7(4-9)11-8-10-6(3)12-13-8/h5,7H,4,9H2,1-3H3,(H,10,11,12). The number of hydrogen-bond acceptors (Lipinski definition) is 5. The largest absolute Gasteiger partial charge is 0.333 e. The Balaban J connectivity index is 2.56. The summed E-state index contributed by atoms with van der Waals surface area (Å²) in [5, 5.41) is 6.76. The van der Waals surface area contributed by atoms with E-state index in [1.54, 1.807) is 6.92 Å². The molecule has 3 N–H and O–H groups in total. The summed E-state index contributed by atoms with van der Waals surface area (Å²) in [6, 6.07) is 0.626. The number of nitrogens with two attached hydrogens (primary N) is 1. The molecule has 0 saturated carbocycles. The second-order valence-electron chi connectivity index (χ2n) is 3.38. The minimum atomic E-state index is 0.180. The van der Waals surface area contributed by atoms with Crippen LogP contribution in [0.5, 0.6) is 0 Å². The molecule has 0 aliphatic carbocycles. The van der Waals surface area contributed by atoms with Gasteiger partial charge >= 0.3 is 6.01 Å². The van der Waals surface area contributed by atoms with Crippen molar-refractivity contribution in [2.75, 3.05) is 11.9 Å². The van der Waals surface area contributed by atoms with E-state index in [2.05, 4.69) is 29.3 Å². The first-order valence-corrected chi connectivity index (χ1v) is 4.40. The normalized spacial score (nSPS) is 13.3. The molecule has 0 fully saturated rings. The van der Waals surface area contributed by atoms with Crippen molar-refractivity contribution in [2.24, 2.45) is 11.7 Å². The highest BCUT2D eigenvalue weighted by Gasteiger charge is 2.13. The van der Waals surface area contributed by atoms with Crippen LogP contribution in [0.2, 0.25) is 0 Å². The lowest BCUT2D eigenvalue weighted by molar-refractivity contribution is 0.412. The summed E-state index contributed by atoms with van der Waals surface area (Å²) in [5.74, 6) is 1.07. The van der Waals surface area contributed by atoms with Crippen molar-refractivity contribution in [2.45, 2.75) is 26.8 Å². The van der Waals surface area contributed by atoms with Gasteiger partial charge in [0.05, 0.1) is 0 Å². The summed E-state index contributed by atoms with van der Waals surface area (Å²) < 4.78 is 4.92. The maximum absolute atomic E-state index is 5.58. The lowest BCUT2D eigenvalue weighted by Crippen LogP contribution is -2.33. The van der Waals surface area contributed by atoms with Gasteiger partial charge in [-0.15, -0.1) is 0 Å². The summed E-state index contributed by atoms with van der Waals surface area (Å²) in [4.78, 5) is 4.04. The molecule has 13 heavy (non-hydrogen) atoms. The third kappa shape index (κ3) is 2.69. The maximum atomic E-state index is 5.58. The minimum Gasteiger partial charge on any atom is -0.333 e. The molecular weight excluding hydrogens is 168 g/mol. The van der Waals surface area contributed by atoms with Crippen LogP contribution >= 0.6 is 0 Å². The third-order valence-corrected chi connectivity index (χ3v) is 1.90. The molecule has 1 aromatic rings. The van der Waals surface area contributed by atoms with Crippen LogP contribution in [0.1, 0.15) is 19.7 Å². The molecular formula is C8H16N4O. The summed E-state index contributed by atoms with van der Waals surface area (Å²) in [6.45, 7) is 6.52. The Kier molecular flexibility index (Phi) is 3.25. The van der Waals surface area contributed by atoms with Gasteiger partial charge in [-0.05, 0) is 12.8 Å². The molecule has 5 heteroatoms. The van der Waals surface area contributed by atoms with E-state index in [1.807, 2.05) is 0 Å². The monoisotopic (exact) mass is 184 g/mol. The average molecular weight is 184 g/mol. The molecule has 0 aliphatic rings. The van der Waals surface area contributed by atoms with Gasteiger partial charge in [0.1, 0.15) is 0 Å². The molecule has 0 aliphatic heterocycles. The zero-order valence-electron chi connectivity index (χ0n) is 8.24. The molecule has 0 amide bonds. The molecule has 0 bridgehead atoms. The number of anilines is 1. The van der Waals surface area contributed by atoms with Crippen LogP contribution in [0.4, 0.5) is 6.01 Å². The molecule has 74 valence electrons. The van der Waals surface area contributed by atoms with E-state index in [-0.39, 0.29) is 6.04 Å². The SMILES string of the molecule is Cc1noc(NC(CN)C(C)C)n1. The second-order valence-corrected chi connectivity index (χ2v) is 3.38. The fourth-order valence-corrected chi connectivity index (χ4v) is 1.01. The van der Waals surface area contributed by atoms with Gasteiger partial charge in [0, 0.05) is 12.6 Å². The van der Waals surface area contributed by atoms with E-state index < -0.39 is 0 Å². The molecule has 5 nitrogen and oxygen atoms in total. The Labute approximate surface area is 77.7 Å². The lowest BCUT2D eigenvalue weighted by atomic mass is 10.1. The number of rotatable bonds is 4. The Hall–Kier alpha value is -1.10. The Morgan fingerprint density at radius 2 is 2.23 bits per heavy atom. The first-order chi connectivity index (χ1) is 6.13. The van der Waals surface area contributed by atoms with Crippen molar-refractivity contribution in [1.82, 2.24) is 10.1 Å². The van der Waals surface area contributed by atoms with Crippen LogP contribution in [-0.4, -0.2) is 22.7 Å². The lowest BCUT2D eigenvalue weighted by Gasteiger charge is -2.18. The van der Waals surface area contributed by atoms with Crippen molar-refractivity contribution in [3.8, 4) is 0 Å². The topological polar surface area (TPSA) is 77.0 Å². The maximum Gasteiger partial charge on any atom is 0.321 e. The number of aromatic nitrogens is 2. The van der Waals surface area contributed by atoms with Gasteiger partial charge in [0.15, 0.2) is 5.82 Å². The number of hydrogen-bond donors (Lipinski definition) is 2. The van der Waals surface area contributed by atoms with Crippen LogP contribution in [0.3, 0.4) is 0 Å². The zero-order chi connectivity index (χ0) is 9.84. The highest BCUT2D eigenvalue weighted by molar-refractivity contribution is 5.20. The van der Waals surface area contributed by atoms with Gasteiger partial charge in [0.25, 0.3) is 0 Å². The second kappa shape index (κ2) is 4.23. The van der Waals surface area contributed by atoms with E-state index in [4.69, 9.17) is 10.3 Å². The minimum absolute atomic E-state index is 0.180. The molecule has 0 saturated heterocycles. The smallest absolute Gasteiger partial charge is 0.321 e. The highest BCUT2D eigenvalue weighted by atomic mass is 16.5. The van der Waals surface area contributed by atoms with Crippen molar-refractivity contribution in [3.63, 3.8) is 0 Å². The number of nitrogens with zero attached hydrogens (tertiary/aromatic N) is 2. The van der Waals surface area contributed by atoms with Crippen molar-refractivity contribution < 1.29 is 4.52 Å². The predicted octanol–water partition coefficient (Wildman–Crippen LogP) is 0.773. The van der Waals surface area contributed by atoms with Crippen LogP contribution in [0.15, 0.2) is 4.52 Å². The Morgan fingerprint density at radius 1 is 1.54 bits per heavy atom. The van der Waals surface area contributed by atoms with E-state index in [1.165, 1.54) is 0 Å². The first kappa shape index (κ1) is 9.98. The van der Waals surface area contributed by atoms with Crippen LogP contribution in [0.25, 0.3) is 0 Å². The van der Waals surface area contributed by atoms with Gasteiger partial charge in [-0.3, -0.25) is 0 Å². The highest BCUT2D eigenvalue weighted by Crippen LogP contribution is 2.09. The quantitative estimate of drug-likeness (QED) is 0.722. The van der Waals surface area contributed by atoms with Crippen molar-refractivity contribution in [3.05, 3.63) is 5.82 Å².